The van der Waals surface area contributed by atoms with Crippen molar-refractivity contribution in [2.45, 2.75) is 12.5 Å². The van der Waals surface area contributed by atoms with E-state index in [4.69, 9.17) is 5.73 Å². The fourth-order valence-corrected chi connectivity index (χ4v) is 2.41. The highest BCUT2D eigenvalue weighted by Crippen LogP contribution is 2.29. The van der Waals surface area contributed by atoms with E-state index in [1.807, 2.05) is 6.07 Å². The molecule has 0 radical (unpaired) electrons. The molecule has 1 atom stereocenters. The molecule has 21 heavy (non-hydrogen) atoms. The lowest BCUT2D eigenvalue weighted by atomic mass is 9.90. The van der Waals surface area contributed by atoms with Crippen LogP contribution in [-0.2, 0) is 10.3 Å². The molecular formula is C15H13BrF2N2O. The first-order valence-corrected chi connectivity index (χ1v) is 6.91. The van der Waals surface area contributed by atoms with Gasteiger partial charge in [-0.15, -0.1) is 0 Å². The molecule has 3 nitrogen and oxygen atoms in total. The zero-order valence-corrected chi connectivity index (χ0v) is 12.7. The predicted molar refractivity (Wildman–Crippen MR) is 80.7 cm³/mol. The molecular weight excluding hydrogens is 342 g/mol. The van der Waals surface area contributed by atoms with Gasteiger partial charge in [0.25, 0.3) is 0 Å². The van der Waals surface area contributed by atoms with Crippen molar-refractivity contribution in [3.8, 4) is 0 Å². The monoisotopic (exact) mass is 354 g/mol. The first kappa shape index (κ1) is 15.4. The maximum Gasteiger partial charge on any atom is 0.247 e. The quantitative estimate of drug-likeness (QED) is 0.882. The van der Waals surface area contributed by atoms with Gasteiger partial charge in [-0.05, 0) is 31.2 Å². The molecule has 2 aromatic carbocycles. The molecule has 1 amide bonds. The average Bonchev–Trinajstić information content (AvgIpc) is 2.38. The van der Waals surface area contributed by atoms with E-state index in [1.54, 1.807) is 18.2 Å². The molecule has 3 N–H and O–H groups in total. The largest absolute Gasteiger partial charge is 0.368 e. The first-order chi connectivity index (χ1) is 9.83. The van der Waals surface area contributed by atoms with Crippen molar-refractivity contribution in [2.75, 3.05) is 5.32 Å². The Kier molecular flexibility index (Phi) is 4.27. The number of primary amides is 1. The SMILES string of the molecule is CC(Nc1cccc(Br)c1)(C(N)=O)c1ccc(F)cc1F. The molecule has 0 aliphatic heterocycles. The van der Waals surface area contributed by atoms with Crippen LogP contribution in [0.5, 0.6) is 0 Å². The Bertz CT molecular complexity index is 693. The second kappa shape index (κ2) is 5.81. The summed E-state index contributed by atoms with van der Waals surface area (Å²) < 4.78 is 27.8. The molecule has 2 rings (SSSR count). The van der Waals surface area contributed by atoms with Crippen molar-refractivity contribution >= 4 is 27.5 Å². The van der Waals surface area contributed by atoms with Crippen LogP contribution in [0.3, 0.4) is 0 Å². The third-order valence-electron chi connectivity index (χ3n) is 3.18. The minimum absolute atomic E-state index is 0.0172. The van der Waals surface area contributed by atoms with Gasteiger partial charge < -0.3 is 11.1 Å². The van der Waals surface area contributed by atoms with E-state index in [1.165, 1.54) is 13.0 Å². The summed E-state index contributed by atoms with van der Waals surface area (Å²) in [6, 6.07) is 10.0. The first-order valence-electron chi connectivity index (χ1n) is 6.12. The van der Waals surface area contributed by atoms with Crippen LogP contribution in [0.15, 0.2) is 46.9 Å². The standard InChI is InChI=1S/C15H13BrF2N2O/c1-15(14(19)21,12-6-5-10(17)8-13(12)18)20-11-4-2-3-9(16)7-11/h2-8,20H,1H3,(H2,19,21). The Morgan fingerprint density at radius 2 is 1.95 bits per heavy atom. The van der Waals surface area contributed by atoms with Crippen molar-refractivity contribution in [3.05, 3.63) is 64.1 Å². The maximum atomic E-state index is 14.0. The van der Waals surface area contributed by atoms with Crippen molar-refractivity contribution < 1.29 is 13.6 Å². The summed E-state index contributed by atoms with van der Waals surface area (Å²) in [7, 11) is 0. The third kappa shape index (κ3) is 3.21. The van der Waals surface area contributed by atoms with E-state index in [9.17, 15) is 13.6 Å². The minimum atomic E-state index is -1.50. The van der Waals surface area contributed by atoms with Crippen molar-refractivity contribution in [1.29, 1.82) is 0 Å². The Morgan fingerprint density at radius 3 is 2.52 bits per heavy atom. The van der Waals surface area contributed by atoms with Gasteiger partial charge in [0.05, 0.1) is 0 Å². The summed E-state index contributed by atoms with van der Waals surface area (Å²) in [5.41, 5.74) is 4.48. The second-order valence-corrected chi connectivity index (χ2v) is 5.66. The lowest BCUT2D eigenvalue weighted by molar-refractivity contribution is -0.122. The number of hydrogen-bond donors (Lipinski definition) is 2. The van der Waals surface area contributed by atoms with E-state index in [2.05, 4.69) is 21.2 Å². The Balaban J connectivity index is 2.48. The lowest BCUT2D eigenvalue weighted by Gasteiger charge is -2.29. The summed E-state index contributed by atoms with van der Waals surface area (Å²) in [6.07, 6.45) is 0. The van der Waals surface area contributed by atoms with Crippen molar-refractivity contribution in [1.82, 2.24) is 0 Å². The summed E-state index contributed by atoms with van der Waals surface area (Å²) in [5.74, 6) is -2.32. The molecule has 0 spiro atoms. The van der Waals surface area contributed by atoms with Crippen molar-refractivity contribution in [2.24, 2.45) is 5.73 Å². The highest BCUT2D eigenvalue weighted by molar-refractivity contribution is 9.10. The van der Waals surface area contributed by atoms with Crippen LogP contribution in [-0.4, -0.2) is 5.91 Å². The van der Waals surface area contributed by atoms with Crippen LogP contribution in [0.1, 0.15) is 12.5 Å². The highest BCUT2D eigenvalue weighted by atomic mass is 79.9. The highest BCUT2D eigenvalue weighted by Gasteiger charge is 2.36. The number of anilines is 1. The van der Waals surface area contributed by atoms with Crippen LogP contribution < -0.4 is 11.1 Å². The van der Waals surface area contributed by atoms with Gasteiger partial charge in [-0.1, -0.05) is 28.1 Å². The van der Waals surface area contributed by atoms with Gasteiger partial charge >= 0.3 is 0 Å². The molecule has 0 aromatic heterocycles. The van der Waals surface area contributed by atoms with Gasteiger partial charge in [0, 0.05) is 21.8 Å². The molecule has 0 saturated heterocycles. The molecule has 0 aliphatic rings. The summed E-state index contributed by atoms with van der Waals surface area (Å²) in [5, 5.41) is 2.91. The van der Waals surface area contributed by atoms with E-state index >= 15 is 0 Å². The number of benzene rings is 2. The predicted octanol–water partition coefficient (Wildman–Crippen LogP) is 3.54. The molecule has 0 aliphatic carbocycles. The van der Waals surface area contributed by atoms with Gasteiger partial charge in [-0.2, -0.15) is 0 Å². The molecule has 110 valence electrons. The number of carbonyl (C=O) groups excluding carboxylic acids is 1. The number of nitrogens with two attached hydrogens (primary N) is 1. The number of amides is 1. The molecule has 6 heteroatoms. The number of halogens is 3. The number of hydrogen-bond acceptors (Lipinski definition) is 2. The van der Waals surface area contributed by atoms with E-state index in [-0.39, 0.29) is 5.56 Å². The van der Waals surface area contributed by atoms with Gasteiger partial charge in [0.1, 0.15) is 17.2 Å². The van der Waals surface area contributed by atoms with Gasteiger partial charge in [0.15, 0.2) is 0 Å². The summed E-state index contributed by atoms with van der Waals surface area (Å²) in [4.78, 5) is 11.8. The van der Waals surface area contributed by atoms with E-state index < -0.39 is 23.1 Å². The average molecular weight is 355 g/mol. The Hall–Kier alpha value is -1.95. The van der Waals surface area contributed by atoms with E-state index in [0.717, 1.165) is 16.6 Å². The topological polar surface area (TPSA) is 55.1 Å². The van der Waals surface area contributed by atoms with Gasteiger partial charge in [0.2, 0.25) is 5.91 Å². The molecule has 0 bridgehead atoms. The number of rotatable bonds is 4. The van der Waals surface area contributed by atoms with Gasteiger partial charge in [-0.3, -0.25) is 4.79 Å². The van der Waals surface area contributed by atoms with Crippen molar-refractivity contribution in [3.63, 3.8) is 0 Å². The minimum Gasteiger partial charge on any atom is -0.368 e. The van der Waals surface area contributed by atoms with Crippen LogP contribution in [0.2, 0.25) is 0 Å². The molecule has 2 aromatic rings. The fraction of sp³-hybridized carbons (Fsp3) is 0.133. The molecule has 0 saturated carbocycles. The summed E-state index contributed by atoms with van der Waals surface area (Å²) >= 11 is 3.31. The third-order valence-corrected chi connectivity index (χ3v) is 3.67. The zero-order valence-electron chi connectivity index (χ0n) is 11.2. The van der Waals surface area contributed by atoms with Crippen LogP contribution >= 0.6 is 15.9 Å². The zero-order chi connectivity index (χ0) is 15.6. The lowest BCUT2D eigenvalue weighted by Crippen LogP contribution is -2.45. The molecule has 0 fully saturated rings. The van der Waals surface area contributed by atoms with Crippen LogP contribution in [0.4, 0.5) is 14.5 Å². The second-order valence-electron chi connectivity index (χ2n) is 4.75. The smallest absolute Gasteiger partial charge is 0.247 e. The summed E-state index contributed by atoms with van der Waals surface area (Å²) in [6.45, 7) is 1.45. The molecule has 0 heterocycles. The van der Waals surface area contributed by atoms with E-state index in [0.29, 0.717) is 5.69 Å². The van der Waals surface area contributed by atoms with Crippen LogP contribution in [0.25, 0.3) is 0 Å². The van der Waals surface area contributed by atoms with Crippen LogP contribution in [0, 0.1) is 11.6 Å². The Morgan fingerprint density at radius 1 is 1.24 bits per heavy atom. The number of nitrogens with one attached hydrogen (secondary N) is 1. The van der Waals surface area contributed by atoms with Gasteiger partial charge in [-0.25, -0.2) is 8.78 Å². The normalized spacial score (nSPS) is 13.5. The Labute approximate surface area is 129 Å². The molecule has 1 unspecified atom stereocenters. The maximum absolute atomic E-state index is 14.0. The fourth-order valence-electron chi connectivity index (χ4n) is 2.01. The number of carbonyl (C=O) groups is 1.